The number of piperidine rings is 1. The fourth-order valence-corrected chi connectivity index (χ4v) is 3.34. The Morgan fingerprint density at radius 1 is 1.25 bits per heavy atom. The summed E-state index contributed by atoms with van der Waals surface area (Å²) in [5.74, 6) is 1.88. The van der Waals surface area contributed by atoms with Crippen LogP contribution in [0.3, 0.4) is 0 Å². The van der Waals surface area contributed by atoms with Gasteiger partial charge in [0, 0.05) is 6.42 Å². The molecule has 0 N–H and O–H groups in total. The van der Waals surface area contributed by atoms with Crippen LogP contribution in [-0.2, 0) is 4.74 Å². The van der Waals surface area contributed by atoms with Crippen LogP contribution >= 0.6 is 0 Å². The van der Waals surface area contributed by atoms with Crippen LogP contribution in [-0.4, -0.2) is 56.1 Å². The summed E-state index contributed by atoms with van der Waals surface area (Å²) in [6, 6.07) is 5.75. The molecule has 1 aromatic heterocycles. The number of hydrogen-bond donors (Lipinski definition) is 0. The molecule has 2 fully saturated rings. The fourth-order valence-electron chi connectivity index (χ4n) is 3.34. The number of fused-ring (bicyclic) bond motifs is 1. The van der Waals surface area contributed by atoms with Crippen LogP contribution in [0.15, 0.2) is 22.7 Å². The largest absolute Gasteiger partial charge is 0.487 e. The molecule has 130 valence electrons. The molecular weight excluding hydrogens is 308 g/mol. The maximum Gasteiger partial charge on any atom is 0.265 e. The predicted octanol–water partition coefficient (Wildman–Crippen LogP) is 2.72. The summed E-state index contributed by atoms with van der Waals surface area (Å²) in [7, 11) is 2.17. The van der Waals surface area contributed by atoms with Crippen molar-refractivity contribution in [3.8, 4) is 11.6 Å². The summed E-state index contributed by atoms with van der Waals surface area (Å²) >= 11 is 0. The lowest BCUT2D eigenvalue weighted by Crippen LogP contribution is -2.32. The van der Waals surface area contributed by atoms with Crippen LogP contribution in [0.2, 0.25) is 0 Å². The zero-order chi connectivity index (χ0) is 16.4. The maximum atomic E-state index is 6.08. The molecule has 6 nitrogen and oxygen atoms in total. The molecule has 0 radical (unpaired) electrons. The summed E-state index contributed by atoms with van der Waals surface area (Å²) in [6.45, 7) is 4.32. The third-order valence-electron chi connectivity index (χ3n) is 4.90. The number of nitrogens with zero attached hydrogens (tertiary/aromatic N) is 2. The Morgan fingerprint density at radius 3 is 2.92 bits per heavy atom. The van der Waals surface area contributed by atoms with Crippen LogP contribution in [0.5, 0.6) is 11.6 Å². The van der Waals surface area contributed by atoms with Gasteiger partial charge < -0.3 is 23.6 Å². The molecule has 0 amide bonds. The van der Waals surface area contributed by atoms with Gasteiger partial charge >= 0.3 is 0 Å². The standard InChI is InChI=1S/C18H24N2O4/c1-20-8-5-13(6-9-20)11-22-18-17-15(23-14-7-10-21-12-14)3-2-4-16(17)24-19-18/h2-4,13-14H,5-12H2,1H3. The van der Waals surface area contributed by atoms with Gasteiger partial charge in [-0.15, -0.1) is 0 Å². The molecular formula is C18H24N2O4. The van der Waals surface area contributed by atoms with Crippen molar-refractivity contribution in [2.45, 2.75) is 25.4 Å². The number of rotatable bonds is 5. The van der Waals surface area contributed by atoms with E-state index in [0.29, 0.717) is 30.6 Å². The van der Waals surface area contributed by atoms with E-state index in [2.05, 4.69) is 17.1 Å². The topological polar surface area (TPSA) is 57.0 Å². The molecule has 6 heteroatoms. The monoisotopic (exact) mass is 332 g/mol. The molecule has 1 aromatic carbocycles. The molecule has 1 atom stereocenters. The molecule has 1 unspecified atom stereocenters. The van der Waals surface area contributed by atoms with E-state index in [1.165, 1.54) is 0 Å². The summed E-state index contributed by atoms with van der Waals surface area (Å²) < 4.78 is 22.9. The molecule has 3 heterocycles. The van der Waals surface area contributed by atoms with Crippen molar-refractivity contribution in [3.63, 3.8) is 0 Å². The zero-order valence-corrected chi connectivity index (χ0v) is 14.1. The number of hydrogen-bond acceptors (Lipinski definition) is 6. The van der Waals surface area contributed by atoms with E-state index in [9.17, 15) is 0 Å². The van der Waals surface area contributed by atoms with Gasteiger partial charge in [-0.25, -0.2) is 0 Å². The highest BCUT2D eigenvalue weighted by Crippen LogP contribution is 2.35. The quantitative estimate of drug-likeness (QED) is 0.839. The van der Waals surface area contributed by atoms with E-state index in [1.54, 1.807) is 0 Å². The number of aromatic nitrogens is 1. The average molecular weight is 332 g/mol. The Morgan fingerprint density at radius 2 is 2.12 bits per heavy atom. The van der Waals surface area contributed by atoms with Gasteiger partial charge in [0.2, 0.25) is 0 Å². The first kappa shape index (κ1) is 15.7. The second-order valence-electron chi connectivity index (χ2n) is 6.78. The minimum Gasteiger partial charge on any atom is -0.487 e. The number of likely N-dealkylation sites (tertiary alicyclic amines) is 1. The molecule has 4 rings (SSSR count). The SMILES string of the molecule is CN1CCC(COc2noc3cccc(OC4CCOC4)c23)CC1. The van der Waals surface area contributed by atoms with Crippen molar-refractivity contribution >= 4 is 11.0 Å². The van der Waals surface area contributed by atoms with Gasteiger partial charge in [0.1, 0.15) is 17.2 Å². The Bertz CT molecular complexity index is 673. The predicted molar refractivity (Wildman–Crippen MR) is 89.6 cm³/mol. The third kappa shape index (κ3) is 3.35. The maximum absolute atomic E-state index is 6.08. The first-order valence-electron chi connectivity index (χ1n) is 8.74. The molecule has 2 saturated heterocycles. The van der Waals surface area contributed by atoms with E-state index in [-0.39, 0.29) is 6.10 Å². The van der Waals surface area contributed by atoms with Gasteiger partial charge in [-0.1, -0.05) is 6.07 Å². The third-order valence-corrected chi connectivity index (χ3v) is 4.90. The zero-order valence-electron chi connectivity index (χ0n) is 14.1. The van der Waals surface area contributed by atoms with Gasteiger partial charge in [-0.3, -0.25) is 0 Å². The van der Waals surface area contributed by atoms with Crippen LogP contribution < -0.4 is 9.47 Å². The first-order chi connectivity index (χ1) is 11.8. The van der Waals surface area contributed by atoms with E-state index in [0.717, 1.165) is 50.1 Å². The van der Waals surface area contributed by atoms with Crippen molar-refractivity contribution < 1.29 is 18.7 Å². The molecule has 0 spiro atoms. The second-order valence-corrected chi connectivity index (χ2v) is 6.78. The van der Waals surface area contributed by atoms with E-state index < -0.39 is 0 Å². The Balaban J connectivity index is 1.48. The van der Waals surface area contributed by atoms with Crippen LogP contribution in [0.4, 0.5) is 0 Å². The van der Waals surface area contributed by atoms with E-state index in [1.807, 2.05) is 18.2 Å². The summed E-state index contributed by atoms with van der Waals surface area (Å²) in [4.78, 5) is 2.36. The minimum atomic E-state index is 0.0900. The molecule has 0 bridgehead atoms. The first-order valence-corrected chi connectivity index (χ1v) is 8.74. The van der Waals surface area contributed by atoms with Crippen molar-refractivity contribution in [1.82, 2.24) is 10.1 Å². The molecule has 2 aliphatic heterocycles. The fraction of sp³-hybridized carbons (Fsp3) is 0.611. The Kier molecular flexibility index (Phi) is 4.58. The molecule has 0 aliphatic carbocycles. The summed E-state index contributed by atoms with van der Waals surface area (Å²) in [5.41, 5.74) is 0.699. The van der Waals surface area contributed by atoms with Gasteiger partial charge in [0.05, 0.1) is 19.8 Å². The van der Waals surface area contributed by atoms with Crippen molar-refractivity contribution in [2.24, 2.45) is 5.92 Å². The molecule has 2 aromatic rings. The van der Waals surface area contributed by atoms with Gasteiger partial charge in [0.25, 0.3) is 5.88 Å². The molecule has 2 aliphatic rings. The smallest absolute Gasteiger partial charge is 0.265 e. The summed E-state index contributed by atoms with van der Waals surface area (Å²) in [5, 5.41) is 4.94. The van der Waals surface area contributed by atoms with Crippen molar-refractivity contribution in [2.75, 3.05) is 40.0 Å². The van der Waals surface area contributed by atoms with Crippen LogP contribution in [0.25, 0.3) is 11.0 Å². The van der Waals surface area contributed by atoms with Gasteiger partial charge in [-0.05, 0) is 56.2 Å². The highest BCUT2D eigenvalue weighted by atomic mass is 16.6. The lowest BCUT2D eigenvalue weighted by molar-refractivity contribution is 0.141. The van der Waals surface area contributed by atoms with Crippen LogP contribution in [0.1, 0.15) is 19.3 Å². The molecule has 24 heavy (non-hydrogen) atoms. The van der Waals surface area contributed by atoms with E-state index in [4.69, 9.17) is 18.7 Å². The molecule has 0 saturated carbocycles. The lowest BCUT2D eigenvalue weighted by atomic mass is 9.98. The van der Waals surface area contributed by atoms with E-state index >= 15 is 0 Å². The highest BCUT2D eigenvalue weighted by Gasteiger charge is 2.23. The highest BCUT2D eigenvalue weighted by molar-refractivity contribution is 5.88. The van der Waals surface area contributed by atoms with Crippen LogP contribution in [0, 0.1) is 5.92 Å². The van der Waals surface area contributed by atoms with Crippen molar-refractivity contribution in [1.29, 1.82) is 0 Å². The Hall–Kier alpha value is -1.79. The second kappa shape index (κ2) is 6.99. The normalized spacial score (nSPS) is 23.0. The lowest BCUT2D eigenvalue weighted by Gasteiger charge is -2.28. The summed E-state index contributed by atoms with van der Waals surface area (Å²) in [6.07, 6.45) is 3.32. The van der Waals surface area contributed by atoms with Gasteiger partial charge in [0.15, 0.2) is 5.58 Å². The Labute approximate surface area is 141 Å². The number of benzene rings is 1. The van der Waals surface area contributed by atoms with Gasteiger partial charge in [-0.2, -0.15) is 0 Å². The van der Waals surface area contributed by atoms with Crippen molar-refractivity contribution in [3.05, 3.63) is 18.2 Å². The number of ether oxygens (including phenoxy) is 3. The minimum absolute atomic E-state index is 0.0900. The average Bonchev–Trinajstić information content (AvgIpc) is 3.24.